The molecule has 0 saturated carbocycles. The van der Waals surface area contributed by atoms with Crippen molar-refractivity contribution >= 4 is 32.6 Å². The van der Waals surface area contributed by atoms with Gasteiger partial charge in [0.05, 0.1) is 6.10 Å². The largest absolute Gasteiger partial charge is 0.381 e. The first-order valence-electron chi connectivity index (χ1n) is 7.19. The summed E-state index contributed by atoms with van der Waals surface area (Å²) in [7, 11) is 1.74. The Morgan fingerprint density at radius 3 is 2.52 bits per heavy atom. The highest BCUT2D eigenvalue weighted by Crippen LogP contribution is 2.22. The molecule has 0 atom stereocenters. The molecule has 0 spiro atoms. The summed E-state index contributed by atoms with van der Waals surface area (Å²) < 4.78 is 6.40. The van der Waals surface area contributed by atoms with Crippen LogP contribution in [-0.4, -0.2) is 37.1 Å². The Balaban J connectivity index is 1.80. The summed E-state index contributed by atoms with van der Waals surface area (Å²) in [5, 5.41) is 2.23. The first kappa shape index (κ1) is 14.5. The molecule has 1 heterocycles. The van der Waals surface area contributed by atoms with Crippen LogP contribution < -0.4 is 0 Å². The first-order chi connectivity index (χ1) is 10.2. The number of hydrogen-bond donors (Lipinski definition) is 0. The number of carbonyl (C=O) groups is 1. The smallest absolute Gasteiger partial charge is 0.253 e. The van der Waals surface area contributed by atoms with Gasteiger partial charge in [-0.05, 0) is 47.9 Å². The lowest BCUT2D eigenvalue weighted by Gasteiger charge is -2.31. The fraction of sp³-hybridized carbons (Fsp3) is 0.353. The highest BCUT2D eigenvalue weighted by molar-refractivity contribution is 9.10. The highest BCUT2D eigenvalue weighted by Gasteiger charge is 2.23. The molecule has 4 heteroatoms. The summed E-state index contributed by atoms with van der Waals surface area (Å²) >= 11 is 3.47. The van der Waals surface area contributed by atoms with Crippen molar-refractivity contribution in [3.63, 3.8) is 0 Å². The minimum Gasteiger partial charge on any atom is -0.381 e. The molecule has 1 fully saturated rings. The number of halogens is 1. The van der Waals surface area contributed by atoms with Gasteiger partial charge in [-0.3, -0.25) is 4.79 Å². The lowest BCUT2D eigenvalue weighted by atomic mass is 10.0. The second-order valence-electron chi connectivity index (χ2n) is 5.43. The van der Waals surface area contributed by atoms with Crippen molar-refractivity contribution in [1.82, 2.24) is 4.90 Å². The van der Waals surface area contributed by atoms with Crippen molar-refractivity contribution in [2.75, 3.05) is 20.2 Å². The summed E-state index contributed by atoms with van der Waals surface area (Å²) in [6.07, 6.45) is 2.13. The molecule has 1 aliphatic rings. The van der Waals surface area contributed by atoms with Gasteiger partial charge in [-0.2, -0.15) is 0 Å². The summed E-state index contributed by atoms with van der Waals surface area (Å²) in [4.78, 5) is 14.5. The van der Waals surface area contributed by atoms with Gasteiger partial charge >= 0.3 is 0 Å². The average molecular weight is 348 g/mol. The summed E-state index contributed by atoms with van der Waals surface area (Å²) in [6, 6.07) is 12.0. The molecule has 0 unspecified atom stereocenters. The van der Waals surface area contributed by atoms with Crippen LogP contribution in [0.15, 0.2) is 40.9 Å². The minimum atomic E-state index is 0.120. The van der Waals surface area contributed by atoms with E-state index < -0.39 is 0 Å². The van der Waals surface area contributed by atoms with Crippen molar-refractivity contribution in [2.24, 2.45) is 0 Å². The molecule has 2 aromatic carbocycles. The number of rotatable bonds is 2. The van der Waals surface area contributed by atoms with Crippen LogP contribution in [0.1, 0.15) is 23.2 Å². The number of likely N-dealkylation sites (tertiary alicyclic amines) is 1. The van der Waals surface area contributed by atoms with E-state index in [4.69, 9.17) is 4.74 Å². The second kappa shape index (κ2) is 6.16. The maximum atomic E-state index is 12.6. The third kappa shape index (κ3) is 3.11. The normalized spacial score (nSPS) is 16.4. The number of fused-ring (bicyclic) bond motifs is 1. The molecule has 1 saturated heterocycles. The van der Waals surface area contributed by atoms with Crippen molar-refractivity contribution in [3.05, 3.63) is 46.4 Å². The number of amides is 1. The SMILES string of the molecule is COC1CCN(C(=O)c2ccc3cc(Br)ccc3c2)CC1. The Morgan fingerprint density at radius 2 is 1.81 bits per heavy atom. The number of benzene rings is 2. The Labute approximate surface area is 133 Å². The van der Waals surface area contributed by atoms with Crippen LogP contribution >= 0.6 is 15.9 Å². The van der Waals surface area contributed by atoms with E-state index in [0.717, 1.165) is 46.7 Å². The van der Waals surface area contributed by atoms with Crippen molar-refractivity contribution in [3.8, 4) is 0 Å². The Bertz CT molecular complexity index is 663. The maximum Gasteiger partial charge on any atom is 0.253 e. The fourth-order valence-electron chi connectivity index (χ4n) is 2.83. The fourth-order valence-corrected chi connectivity index (χ4v) is 3.21. The van der Waals surface area contributed by atoms with E-state index in [1.54, 1.807) is 7.11 Å². The average Bonchev–Trinajstić information content (AvgIpc) is 2.53. The molecule has 1 aliphatic heterocycles. The third-order valence-corrected chi connectivity index (χ3v) is 4.61. The van der Waals surface area contributed by atoms with Crippen LogP contribution in [0, 0.1) is 0 Å². The third-order valence-electron chi connectivity index (χ3n) is 4.11. The zero-order valence-corrected chi connectivity index (χ0v) is 13.6. The van der Waals surface area contributed by atoms with Gasteiger partial charge in [0.15, 0.2) is 0 Å². The van der Waals surface area contributed by atoms with E-state index in [2.05, 4.69) is 22.0 Å². The van der Waals surface area contributed by atoms with Gasteiger partial charge in [0, 0.05) is 30.2 Å². The molecule has 0 bridgehead atoms. The monoisotopic (exact) mass is 347 g/mol. The molecule has 2 aromatic rings. The van der Waals surface area contributed by atoms with E-state index >= 15 is 0 Å². The number of carbonyl (C=O) groups excluding carboxylic acids is 1. The molecule has 1 amide bonds. The minimum absolute atomic E-state index is 0.120. The van der Waals surface area contributed by atoms with Crippen LogP contribution in [0.4, 0.5) is 0 Å². The second-order valence-corrected chi connectivity index (χ2v) is 6.35. The topological polar surface area (TPSA) is 29.5 Å². The van der Waals surface area contributed by atoms with Gasteiger partial charge in [-0.25, -0.2) is 0 Å². The molecule has 3 rings (SSSR count). The Kier molecular flexibility index (Phi) is 4.27. The number of hydrogen-bond acceptors (Lipinski definition) is 2. The number of ether oxygens (including phenoxy) is 1. The van der Waals surface area contributed by atoms with Crippen LogP contribution in [0.5, 0.6) is 0 Å². The molecule has 0 N–H and O–H groups in total. The number of methoxy groups -OCH3 is 1. The van der Waals surface area contributed by atoms with Crippen LogP contribution in [-0.2, 0) is 4.74 Å². The first-order valence-corrected chi connectivity index (χ1v) is 7.98. The van der Waals surface area contributed by atoms with E-state index in [0.29, 0.717) is 6.10 Å². The van der Waals surface area contributed by atoms with Gasteiger partial charge < -0.3 is 9.64 Å². The molecule has 0 radical (unpaired) electrons. The Hall–Kier alpha value is -1.39. The molecule has 110 valence electrons. The van der Waals surface area contributed by atoms with Crippen molar-refractivity contribution < 1.29 is 9.53 Å². The van der Waals surface area contributed by atoms with E-state index in [9.17, 15) is 4.79 Å². The molecule has 0 aromatic heterocycles. The number of nitrogens with zero attached hydrogens (tertiary/aromatic N) is 1. The summed E-state index contributed by atoms with van der Waals surface area (Å²) in [6.45, 7) is 1.55. The van der Waals surface area contributed by atoms with E-state index in [1.807, 2.05) is 35.2 Å². The molecular weight excluding hydrogens is 330 g/mol. The Morgan fingerprint density at radius 1 is 1.14 bits per heavy atom. The molecule has 21 heavy (non-hydrogen) atoms. The predicted molar refractivity (Wildman–Crippen MR) is 87.6 cm³/mol. The van der Waals surface area contributed by atoms with Gasteiger partial charge in [0.1, 0.15) is 0 Å². The van der Waals surface area contributed by atoms with Gasteiger partial charge in [-0.15, -0.1) is 0 Å². The summed E-state index contributed by atoms with van der Waals surface area (Å²) in [5.41, 5.74) is 0.765. The van der Waals surface area contributed by atoms with Crippen LogP contribution in [0.2, 0.25) is 0 Å². The van der Waals surface area contributed by atoms with Crippen LogP contribution in [0.3, 0.4) is 0 Å². The molecular formula is C17H18BrNO2. The van der Waals surface area contributed by atoms with Gasteiger partial charge in [0.2, 0.25) is 0 Å². The standard InChI is InChI=1S/C17H18BrNO2/c1-21-16-6-8-19(9-7-16)17(20)14-3-2-13-11-15(18)5-4-12(13)10-14/h2-5,10-11,16H,6-9H2,1H3. The lowest BCUT2D eigenvalue weighted by molar-refractivity contribution is 0.0351. The maximum absolute atomic E-state index is 12.6. The zero-order chi connectivity index (χ0) is 14.8. The quantitative estimate of drug-likeness (QED) is 0.825. The van der Waals surface area contributed by atoms with Gasteiger partial charge in [0.25, 0.3) is 5.91 Å². The molecule has 0 aliphatic carbocycles. The van der Waals surface area contributed by atoms with Gasteiger partial charge in [-0.1, -0.05) is 28.1 Å². The molecule has 3 nitrogen and oxygen atoms in total. The van der Waals surface area contributed by atoms with E-state index in [-0.39, 0.29) is 5.91 Å². The highest BCUT2D eigenvalue weighted by atomic mass is 79.9. The predicted octanol–water partition coefficient (Wildman–Crippen LogP) is 3.85. The van der Waals surface area contributed by atoms with Crippen molar-refractivity contribution in [2.45, 2.75) is 18.9 Å². The van der Waals surface area contributed by atoms with Crippen LogP contribution in [0.25, 0.3) is 10.8 Å². The lowest BCUT2D eigenvalue weighted by Crippen LogP contribution is -2.40. The van der Waals surface area contributed by atoms with Crippen molar-refractivity contribution in [1.29, 1.82) is 0 Å². The summed E-state index contributed by atoms with van der Waals surface area (Å²) in [5.74, 6) is 0.120. The number of piperidine rings is 1. The van der Waals surface area contributed by atoms with E-state index in [1.165, 1.54) is 0 Å². The zero-order valence-electron chi connectivity index (χ0n) is 12.0.